The highest BCUT2D eigenvalue weighted by Gasteiger charge is 2.15. The lowest BCUT2D eigenvalue weighted by atomic mass is 10.0. The largest absolute Gasteiger partial charge is 0.371 e. The van der Waals surface area contributed by atoms with Gasteiger partial charge < -0.3 is 4.90 Å². The van der Waals surface area contributed by atoms with E-state index < -0.39 is 0 Å². The number of Topliss-reactive ketones (excluding diaryl/α,β-unsaturated/α-hetero) is 1. The van der Waals surface area contributed by atoms with Crippen molar-refractivity contribution in [2.45, 2.75) is 47.0 Å². The minimum absolute atomic E-state index is 0.163. The van der Waals surface area contributed by atoms with Crippen LogP contribution in [0.15, 0.2) is 18.2 Å². The van der Waals surface area contributed by atoms with Crippen LogP contribution in [-0.4, -0.2) is 18.9 Å². The number of anilines is 1. The summed E-state index contributed by atoms with van der Waals surface area (Å²) in [5.74, 6) is 0.163. The summed E-state index contributed by atoms with van der Waals surface area (Å²) >= 11 is 0. The van der Waals surface area contributed by atoms with E-state index in [0.717, 1.165) is 24.2 Å². The SMILES string of the molecule is CC.CC(=O)c1cccc(N2CCCCC2)c1C. The Labute approximate surface area is 111 Å². The van der Waals surface area contributed by atoms with E-state index in [9.17, 15) is 4.79 Å². The maximum Gasteiger partial charge on any atom is 0.160 e. The average molecular weight is 247 g/mol. The van der Waals surface area contributed by atoms with Crippen molar-refractivity contribution < 1.29 is 4.79 Å². The second-order valence-electron chi connectivity index (χ2n) is 4.55. The van der Waals surface area contributed by atoms with Crippen LogP contribution in [0.3, 0.4) is 0 Å². The Bertz CT molecular complexity index is 392. The topological polar surface area (TPSA) is 20.3 Å². The van der Waals surface area contributed by atoms with Gasteiger partial charge in [-0.05, 0) is 44.7 Å². The summed E-state index contributed by atoms with van der Waals surface area (Å²) in [5.41, 5.74) is 3.24. The Hall–Kier alpha value is -1.31. The number of carbonyl (C=O) groups is 1. The first-order valence-electron chi connectivity index (χ1n) is 7.05. The van der Waals surface area contributed by atoms with Crippen LogP contribution in [0.25, 0.3) is 0 Å². The second-order valence-corrected chi connectivity index (χ2v) is 4.55. The molecule has 18 heavy (non-hydrogen) atoms. The van der Waals surface area contributed by atoms with E-state index in [1.807, 2.05) is 26.0 Å². The molecule has 1 fully saturated rings. The maximum atomic E-state index is 11.5. The zero-order chi connectivity index (χ0) is 13.5. The Balaban J connectivity index is 0.000000771. The summed E-state index contributed by atoms with van der Waals surface area (Å²) in [6.45, 7) is 9.95. The lowest BCUT2D eigenvalue weighted by Crippen LogP contribution is -2.30. The molecule has 0 radical (unpaired) electrons. The predicted octanol–water partition coefficient (Wildman–Crippen LogP) is 4.21. The zero-order valence-electron chi connectivity index (χ0n) is 12.1. The second kappa shape index (κ2) is 7.20. The van der Waals surface area contributed by atoms with E-state index in [0.29, 0.717) is 0 Å². The van der Waals surface area contributed by atoms with E-state index in [-0.39, 0.29) is 5.78 Å². The minimum atomic E-state index is 0.163. The van der Waals surface area contributed by atoms with E-state index in [2.05, 4.69) is 17.9 Å². The fraction of sp³-hybridized carbons (Fsp3) is 0.562. The first-order valence-corrected chi connectivity index (χ1v) is 7.05. The lowest BCUT2D eigenvalue weighted by molar-refractivity contribution is 0.101. The molecule has 100 valence electrons. The summed E-state index contributed by atoms with van der Waals surface area (Å²) in [7, 11) is 0. The van der Waals surface area contributed by atoms with Crippen LogP contribution in [-0.2, 0) is 0 Å². The molecule has 1 aromatic rings. The van der Waals surface area contributed by atoms with Crippen LogP contribution in [0.1, 0.15) is 56.0 Å². The van der Waals surface area contributed by atoms with Crippen molar-refractivity contribution in [1.29, 1.82) is 0 Å². The highest BCUT2D eigenvalue weighted by molar-refractivity contribution is 5.96. The van der Waals surface area contributed by atoms with Crippen LogP contribution in [0.5, 0.6) is 0 Å². The summed E-state index contributed by atoms with van der Waals surface area (Å²) in [4.78, 5) is 13.9. The molecule has 1 saturated heterocycles. The van der Waals surface area contributed by atoms with Crippen molar-refractivity contribution in [3.05, 3.63) is 29.3 Å². The third-order valence-electron chi connectivity index (χ3n) is 3.38. The molecule has 0 bridgehead atoms. The fourth-order valence-corrected chi connectivity index (χ4v) is 2.48. The Morgan fingerprint density at radius 1 is 1.11 bits per heavy atom. The predicted molar refractivity (Wildman–Crippen MR) is 78.6 cm³/mol. The molecule has 2 heteroatoms. The van der Waals surface area contributed by atoms with Crippen molar-refractivity contribution in [1.82, 2.24) is 0 Å². The number of carbonyl (C=O) groups excluding carboxylic acids is 1. The van der Waals surface area contributed by atoms with E-state index in [1.165, 1.54) is 24.9 Å². The summed E-state index contributed by atoms with van der Waals surface area (Å²) in [6, 6.07) is 6.05. The van der Waals surface area contributed by atoms with Gasteiger partial charge in [-0.15, -0.1) is 0 Å². The van der Waals surface area contributed by atoms with Gasteiger partial charge in [-0.2, -0.15) is 0 Å². The minimum Gasteiger partial charge on any atom is -0.371 e. The van der Waals surface area contributed by atoms with Crippen molar-refractivity contribution >= 4 is 11.5 Å². The molecule has 0 saturated carbocycles. The van der Waals surface area contributed by atoms with Crippen LogP contribution in [0.2, 0.25) is 0 Å². The molecule has 0 aliphatic carbocycles. The summed E-state index contributed by atoms with van der Waals surface area (Å²) in [5, 5.41) is 0. The quantitative estimate of drug-likeness (QED) is 0.729. The first-order chi connectivity index (χ1) is 8.70. The molecule has 2 rings (SSSR count). The summed E-state index contributed by atoms with van der Waals surface area (Å²) < 4.78 is 0. The molecule has 0 spiro atoms. The van der Waals surface area contributed by atoms with Gasteiger partial charge in [-0.1, -0.05) is 26.0 Å². The van der Waals surface area contributed by atoms with Crippen molar-refractivity contribution in [3.8, 4) is 0 Å². The molecule has 0 unspecified atom stereocenters. The van der Waals surface area contributed by atoms with Gasteiger partial charge in [0.15, 0.2) is 5.78 Å². The molecular formula is C16H25NO. The molecule has 1 aromatic carbocycles. The molecule has 1 heterocycles. The molecule has 0 amide bonds. The highest BCUT2D eigenvalue weighted by atomic mass is 16.1. The van der Waals surface area contributed by atoms with Gasteiger partial charge >= 0.3 is 0 Å². The molecular weight excluding hydrogens is 222 g/mol. The van der Waals surface area contributed by atoms with E-state index >= 15 is 0 Å². The van der Waals surface area contributed by atoms with Gasteiger partial charge in [0.05, 0.1) is 0 Å². The van der Waals surface area contributed by atoms with Crippen LogP contribution in [0, 0.1) is 6.92 Å². The number of hydrogen-bond donors (Lipinski definition) is 0. The van der Waals surface area contributed by atoms with Crippen LogP contribution < -0.4 is 4.90 Å². The highest BCUT2D eigenvalue weighted by Crippen LogP contribution is 2.26. The van der Waals surface area contributed by atoms with Gasteiger partial charge in [0.1, 0.15) is 0 Å². The number of nitrogens with zero attached hydrogens (tertiary/aromatic N) is 1. The maximum absolute atomic E-state index is 11.5. The number of ketones is 1. The van der Waals surface area contributed by atoms with Crippen molar-refractivity contribution in [2.24, 2.45) is 0 Å². The third kappa shape index (κ3) is 3.34. The Kier molecular flexibility index (Phi) is 5.90. The normalized spacial score (nSPS) is 14.8. The molecule has 0 atom stereocenters. The number of piperidine rings is 1. The van der Waals surface area contributed by atoms with Gasteiger partial charge in [0.2, 0.25) is 0 Å². The molecule has 0 N–H and O–H groups in total. The van der Waals surface area contributed by atoms with Gasteiger partial charge in [0.25, 0.3) is 0 Å². The van der Waals surface area contributed by atoms with Gasteiger partial charge in [-0.25, -0.2) is 0 Å². The smallest absolute Gasteiger partial charge is 0.160 e. The van der Waals surface area contributed by atoms with E-state index in [4.69, 9.17) is 0 Å². The van der Waals surface area contributed by atoms with E-state index in [1.54, 1.807) is 6.92 Å². The zero-order valence-corrected chi connectivity index (χ0v) is 12.1. The molecule has 1 aliphatic rings. The first kappa shape index (κ1) is 14.7. The molecule has 1 aliphatic heterocycles. The van der Waals surface area contributed by atoms with Crippen molar-refractivity contribution in [2.75, 3.05) is 18.0 Å². The van der Waals surface area contributed by atoms with Gasteiger partial charge in [-0.3, -0.25) is 4.79 Å². The lowest BCUT2D eigenvalue weighted by Gasteiger charge is -2.30. The van der Waals surface area contributed by atoms with Crippen LogP contribution in [0.4, 0.5) is 5.69 Å². The number of hydrogen-bond acceptors (Lipinski definition) is 2. The Morgan fingerprint density at radius 3 is 2.28 bits per heavy atom. The van der Waals surface area contributed by atoms with Crippen LogP contribution >= 0.6 is 0 Å². The Morgan fingerprint density at radius 2 is 1.72 bits per heavy atom. The molecule has 2 nitrogen and oxygen atoms in total. The summed E-state index contributed by atoms with van der Waals surface area (Å²) in [6.07, 6.45) is 3.87. The molecule has 0 aromatic heterocycles. The standard InChI is InChI=1S/C14H19NO.C2H6/c1-11-13(12(2)16)7-6-8-14(11)15-9-4-3-5-10-15;1-2/h6-8H,3-5,9-10H2,1-2H3;1-2H3. The van der Waals surface area contributed by atoms with Crippen molar-refractivity contribution in [3.63, 3.8) is 0 Å². The number of rotatable bonds is 2. The van der Waals surface area contributed by atoms with Gasteiger partial charge in [0, 0.05) is 24.3 Å². The monoisotopic (exact) mass is 247 g/mol. The fourth-order valence-electron chi connectivity index (χ4n) is 2.48. The number of benzene rings is 1. The third-order valence-corrected chi connectivity index (χ3v) is 3.38. The average Bonchev–Trinajstić information content (AvgIpc) is 2.42.